The van der Waals surface area contributed by atoms with Crippen molar-refractivity contribution in [3.05, 3.63) is 16.0 Å². The molecule has 1 aliphatic heterocycles. The van der Waals surface area contributed by atoms with Gasteiger partial charge < -0.3 is 0 Å². The Morgan fingerprint density at radius 2 is 2.43 bits per heavy atom. The van der Waals surface area contributed by atoms with E-state index < -0.39 is 0 Å². The van der Waals surface area contributed by atoms with E-state index in [4.69, 9.17) is 0 Å². The maximum absolute atomic E-state index is 11.2. The van der Waals surface area contributed by atoms with Gasteiger partial charge in [0.25, 0.3) is 0 Å². The second-order valence-electron chi connectivity index (χ2n) is 3.19. The van der Waals surface area contributed by atoms with E-state index in [0.29, 0.717) is 6.54 Å². The molecule has 1 N–H and O–H groups in total. The predicted octanol–water partition coefficient (Wildman–Crippen LogP) is 0.150. The van der Waals surface area contributed by atoms with Crippen molar-refractivity contribution in [1.82, 2.24) is 15.1 Å². The van der Waals surface area contributed by atoms with Gasteiger partial charge in [0, 0.05) is 12.6 Å². The van der Waals surface area contributed by atoms with Crippen LogP contribution in [0.5, 0.6) is 0 Å². The van der Waals surface area contributed by atoms with Crippen molar-refractivity contribution in [2.75, 3.05) is 0 Å². The number of nitrogens with one attached hydrogen (secondary N) is 1. The van der Waals surface area contributed by atoms with Crippen LogP contribution in [0.25, 0.3) is 0 Å². The number of amides is 2. The molecule has 2 heterocycles. The van der Waals surface area contributed by atoms with Crippen molar-refractivity contribution in [2.45, 2.75) is 13.0 Å². The second-order valence-corrected chi connectivity index (χ2v) is 4.44. The van der Waals surface area contributed by atoms with Gasteiger partial charge in [0.1, 0.15) is 0 Å². The number of halogens is 1. The third-order valence-electron chi connectivity index (χ3n) is 2.07. The van der Waals surface area contributed by atoms with E-state index in [-0.39, 0.29) is 24.2 Å². The molecule has 2 rings (SSSR count). The third-order valence-corrected chi connectivity index (χ3v) is 2.63. The number of hydrogen-bond donors (Lipinski definition) is 1. The average Bonchev–Trinajstić information content (AvgIpc) is 2.61. The monoisotopic (exact) mass is 305 g/mol. The lowest BCUT2D eigenvalue weighted by molar-refractivity contribution is -0.125. The normalized spacial score (nSPS) is 21.4. The lowest BCUT2D eigenvalue weighted by Crippen LogP contribution is -2.24. The molecule has 74 valence electrons. The zero-order valence-corrected chi connectivity index (χ0v) is 9.39. The number of carbonyl (C=O) groups is 2. The molecule has 1 saturated heterocycles. The molecule has 1 fully saturated rings. The molecule has 1 aromatic rings. The van der Waals surface area contributed by atoms with Crippen molar-refractivity contribution in [3.8, 4) is 0 Å². The van der Waals surface area contributed by atoms with Crippen LogP contribution in [0.2, 0.25) is 0 Å². The predicted molar refractivity (Wildman–Crippen MR) is 56.2 cm³/mol. The molecule has 1 aromatic heterocycles. The van der Waals surface area contributed by atoms with E-state index in [1.807, 2.05) is 6.20 Å². The minimum atomic E-state index is -0.266. The molecule has 0 aromatic carbocycles. The first-order valence-electron chi connectivity index (χ1n) is 4.17. The molecule has 1 aliphatic rings. The van der Waals surface area contributed by atoms with Gasteiger partial charge in [0.15, 0.2) is 0 Å². The fourth-order valence-electron chi connectivity index (χ4n) is 1.42. The van der Waals surface area contributed by atoms with Crippen LogP contribution in [0, 0.1) is 9.49 Å². The highest BCUT2D eigenvalue weighted by Gasteiger charge is 2.30. The minimum Gasteiger partial charge on any atom is -0.296 e. The molecule has 5 nitrogen and oxygen atoms in total. The smallest absolute Gasteiger partial charge is 0.232 e. The number of imide groups is 1. The van der Waals surface area contributed by atoms with Crippen LogP contribution in [-0.4, -0.2) is 21.6 Å². The standard InChI is InChI=1S/C8H8IN3O2/c9-6-2-10-12(4-6)3-5-1-7(13)11-8(5)14/h2,4-5H,1,3H2,(H,11,13,14). The molecule has 1 unspecified atom stereocenters. The van der Waals surface area contributed by atoms with Gasteiger partial charge in [-0.05, 0) is 22.6 Å². The Morgan fingerprint density at radius 3 is 2.93 bits per heavy atom. The first-order valence-corrected chi connectivity index (χ1v) is 5.24. The highest BCUT2D eigenvalue weighted by Crippen LogP contribution is 2.13. The van der Waals surface area contributed by atoms with Crippen molar-refractivity contribution in [1.29, 1.82) is 0 Å². The van der Waals surface area contributed by atoms with Crippen LogP contribution in [0.3, 0.4) is 0 Å². The Hall–Kier alpha value is -0.920. The van der Waals surface area contributed by atoms with Gasteiger partial charge in [-0.25, -0.2) is 0 Å². The lowest BCUT2D eigenvalue weighted by Gasteiger charge is -2.04. The summed E-state index contributed by atoms with van der Waals surface area (Å²) in [7, 11) is 0. The Balaban J connectivity index is 2.05. The SMILES string of the molecule is O=C1CC(Cn2cc(I)cn2)C(=O)N1. The van der Waals surface area contributed by atoms with Gasteiger partial charge in [-0.2, -0.15) is 5.10 Å². The van der Waals surface area contributed by atoms with E-state index >= 15 is 0 Å². The fourth-order valence-corrected chi connectivity index (χ4v) is 1.86. The Labute approximate surface area is 94.0 Å². The van der Waals surface area contributed by atoms with E-state index in [2.05, 4.69) is 33.0 Å². The molecule has 0 spiro atoms. The minimum absolute atomic E-state index is 0.193. The van der Waals surface area contributed by atoms with Gasteiger partial charge in [-0.1, -0.05) is 0 Å². The molecule has 14 heavy (non-hydrogen) atoms. The summed E-state index contributed by atoms with van der Waals surface area (Å²) in [5, 5.41) is 6.33. The van der Waals surface area contributed by atoms with Crippen molar-refractivity contribution < 1.29 is 9.59 Å². The molecular weight excluding hydrogens is 297 g/mol. The molecule has 6 heteroatoms. The van der Waals surface area contributed by atoms with Gasteiger partial charge in [0.05, 0.1) is 22.2 Å². The van der Waals surface area contributed by atoms with Gasteiger partial charge in [-0.3, -0.25) is 19.6 Å². The largest absolute Gasteiger partial charge is 0.296 e. The van der Waals surface area contributed by atoms with Gasteiger partial charge in [0.2, 0.25) is 11.8 Å². The lowest BCUT2D eigenvalue weighted by atomic mass is 10.1. The third kappa shape index (κ3) is 1.94. The van der Waals surface area contributed by atoms with Gasteiger partial charge >= 0.3 is 0 Å². The van der Waals surface area contributed by atoms with E-state index in [9.17, 15) is 9.59 Å². The Kier molecular flexibility index (Phi) is 2.53. The Bertz CT molecular complexity index is 388. The van der Waals surface area contributed by atoms with E-state index in [1.54, 1.807) is 10.9 Å². The summed E-state index contributed by atoms with van der Waals surface area (Å²) in [4.78, 5) is 22.1. The summed E-state index contributed by atoms with van der Waals surface area (Å²) in [5.41, 5.74) is 0. The second kappa shape index (κ2) is 3.68. The van der Waals surface area contributed by atoms with Crippen LogP contribution >= 0.6 is 22.6 Å². The van der Waals surface area contributed by atoms with Gasteiger partial charge in [-0.15, -0.1) is 0 Å². The average molecular weight is 305 g/mol. The number of nitrogens with zero attached hydrogens (tertiary/aromatic N) is 2. The molecule has 0 bridgehead atoms. The van der Waals surface area contributed by atoms with Crippen molar-refractivity contribution >= 4 is 34.4 Å². The highest BCUT2D eigenvalue weighted by atomic mass is 127. The van der Waals surface area contributed by atoms with Crippen molar-refractivity contribution in [3.63, 3.8) is 0 Å². The fraction of sp³-hybridized carbons (Fsp3) is 0.375. The maximum atomic E-state index is 11.2. The number of rotatable bonds is 2. The van der Waals surface area contributed by atoms with E-state index in [1.165, 1.54) is 0 Å². The van der Waals surface area contributed by atoms with Crippen LogP contribution in [0.1, 0.15) is 6.42 Å². The van der Waals surface area contributed by atoms with Crippen LogP contribution in [0.15, 0.2) is 12.4 Å². The first-order chi connectivity index (χ1) is 6.65. The quantitative estimate of drug-likeness (QED) is 0.625. The molecular formula is C8H8IN3O2. The summed E-state index contributed by atoms with van der Waals surface area (Å²) < 4.78 is 2.71. The molecule has 1 atom stereocenters. The first kappa shape index (κ1) is 9.63. The van der Waals surface area contributed by atoms with E-state index in [0.717, 1.165) is 3.57 Å². The number of aromatic nitrogens is 2. The summed E-state index contributed by atoms with van der Waals surface area (Å²) in [6, 6.07) is 0. The molecule has 0 saturated carbocycles. The van der Waals surface area contributed by atoms with Crippen LogP contribution < -0.4 is 5.32 Å². The summed E-state index contributed by atoms with van der Waals surface area (Å²) in [6.07, 6.45) is 3.83. The van der Waals surface area contributed by atoms with Crippen molar-refractivity contribution in [2.24, 2.45) is 5.92 Å². The summed E-state index contributed by atoms with van der Waals surface area (Å²) >= 11 is 2.15. The van der Waals surface area contributed by atoms with Crippen LogP contribution in [0.4, 0.5) is 0 Å². The zero-order chi connectivity index (χ0) is 10.1. The molecule has 2 amide bonds. The maximum Gasteiger partial charge on any atom is 0.232 e. The molecule has 0 aliphatic carbocycles. The zero-order valence-electron chi connectivity index (χ0n) is 7.24. The highest BCUT2D eigenvalue weighted by molar-refractivity contribution is 14.1. The Morgan fingerprint density at radius 1 is 1.64 bits per heavy atom. The topological polar surface area (TPSA) is 64.0 Å². The number of hydrogen-bond acceptors (Lipinski definition) is 3. The molecule has 0 radical (unpaired) electrons. The number of carbonyl (C=O) groups excluding carboxylic acids is 2. The van der Waals surface area contributed by atoms with Crippen LogP contribution in [-0.2, 0) is 16.1 Å². The summed E-state index contributed by atoms with van der Waals surface area (Å²) in [6.45, 7) is 0.473. The summed E-state index contributed by atoms with van der Waals surface area (Å²) in [5.74, 6) is -0.652.